The van der Waals surface area contributed by atoms with E-state index in [4.69, 9.17) is 4.74 Å². The summed E-state index contributed by atoms with van der Waals surface area (Å²) in [7, 11) is 0. The number of amides is 1. The normalized spacial score (nSPS) is 18.9. The minimum atomic E-state index is 0.161. The summed E-state index contributed by atoms with van der Waals surface area (Å²) >= 11 is 0. The van der Waals surface area contributed by atoms with E-state index < -0.39 is 0 Å². The van der Waals surface area contributed by atoms with Crippen LogP contribution in [0, 0.1) is 0 Å². The molecule has 3 rings (SSSR count). The minimum Gasteiger partial charge on any atom is -0.372 e. The van der Waals surface area contributed by atoms with Gasteiger partial charge in [0.1, 0.15) is 0 Å². The molecule has 20 heavy (non-hydrogen) atoms. The van der Waals surface area contributed by atoms with Gasteiger partial charge in [0.2, 0.25) is 0 Å². The number of benzene rings is 1. The molecule has 1 amide bonds. The number of hydrogen-bond acceptors (Lipinski definition) is 3. The van der Waals surface area contributed by atoms with Crippen LogP contribution in [-0.2, 0) is 18.0 Å². The van der Waals surface area contributed by atoms with Crippen molar-refractivity contribution in [1.82, 2.24) is 10.2 Å². The molecule has 1 fully saturated rings. The molecule has 1 aromatic carbocycles. The second-order valence-electron chi connectivity index (χ2n) is 5.55. The van der Waals surface area contributed by atoms with E-state index in [0.29, 0.717) is 19.3 Å². The van der Waals surface area contributed by atoms with Gasteiger partial charge in [-0.15, -0.1) is 0 Å². The summed E-state index contributed by atoms with van der Waals surface area (Å²) in [6.07, 6.45) is 2.10. The van der Waals surface area contributed by atoms with Crippen molar-refractivity contribution in [3.05, 3.63) is 34.9 Å². The smallest absolute Gasteiger partial charge is 0.254 e. The monoisotopic (exact) mass is 274 g/mol. The zero-order valence-electron chi connectivity index (χ0n) is 12.0. The Hall–Kier alpha value is -1.39. The Bertz CT molecular complexity index is 495. The fourth-order valence-electron chi connectivity index (χ4n) is 3.16. The first kappa shape index (κ1) is 13.6. The van der Waals surface area contributed by atoms with Crippen molar-refractivity contribution in [3.63, 3.8) is 0 Å². The van der Waals surface area contributed by atoms with Gasteiger partial charge in [-0.05, 0) is 56.1 Å². The van der Waals surface area contributed by atoms with E-state index in [2.05, 4.69) is 12.2 Å². The molecule has 0 atom stereocenters. The molecule has 2 aliphatic heterocycles. The molecule has 2 aliphatic rings. The van der Waals surface area contributed by atoms with Gasteiger partial charge >= 0.3 is 0 Å². The van der Waals surface area contributed by atoms with Crippen molar-refractivity contribution < 1.29 is 9.53 Å². The molecule has 0 radical (unpaired) electrons. The molecule has 1 saturated heterocycles. The molecule has 0 unspecified atom stereocenters. The molecular weight excluding hydrogens is 252 g/mol. The van der Waals surface area contributed by atoms with Gasteiger partial charge in [-0.25, -0.2) is 0 Å². The maximum absolute atomic E-state index is 12.7. The van der Waals surface area contributed by atoms with Crippen LogP contribution in [0.4, 0.5) is 0 Å². The third-order valence-corrected chi connectivity index (χ3v) is 4.32. The number of rotatable bonds is 3. The number of carbonyl (C=O) groups is 1. The fourth-order valence-corrected chi connectivity index (χ4v) is 3.16. The molecule has 0 bridgehead atoms. The van der Waals surface area contributed by atoms with E-state index in [0.717, 1.165) is 43.6 Å². The summed E-state index contributed by atoms with van der Waals surface area (Å²) < 4.78 is 5.42. The van der Waals surface area contributed by atoms with Crippen LogP contribution in [0.15, 0.2) is 18.2 Å². The van der Waals surface area contributed by atoms with Gasteiger partial charge in [-0.3, -0.25) is 4.79 Å². The van der Waals surface area contributed by atoms with Gasteiger partial charge in [0.05, 0.1) is 13.2 Å². The Labute approximate surface area is 120 Å². The number of piperidine rings is 1. The highest BCUT2D eigenvalue weighted by molar-refractivity contribution is 5.94. The standard InChI is InChI=1S/C16H22N2O2/c1-2-18(15-5-7-17-8-6-15)16(19)12-3-4-13-10-20-11-14(13)9-12/h3-4,9,15,17H,2,5-8,10-11H2,1H3. The number of nitrogens with one attached hydrogen (secondary N) is 1. The second kappa shape index (κ2) is 5.94. The van der Waals surface area contributed by atoms with Crippen molar-refractivity contribution in [1.29, 1.82) is 0 Å². The van der Waals surface area contributed by atoms with Crippen LogP contribution < -0.4 is 5.32 Å². The van der Waals surface area contributed by atoms with Crippen molar-refractivity contribution in [2.45, 2.75) is 39.0 Å². The van der Waals surface area contributed by atoms with Crippen LogP contribution in [0.25, 0.3) is 0 Å². The van der Waals surface area contributed by atoms with E-state index in [1.165, 1.54) is 5.56 Å². The average Bonchev–Trinajstić information content (AvgIpc) is 2.96. The largest absolute Gasteiger partial charge is 0.372 e. The Morgan fingerprint density at radius 3 is 2.80 bits per heavy atom. The second-order valence-corrected chi connectivity index (χ2v) is 5.55. The van der Waals surface area contributed by atoms with Gasteiger partial charge in [0, 0.05) is 18.2 Å². The molecule has 0 saturated carbocycles. The lowest BCUT2D eigenvalue weighted by Crippen LogP contribution is -2.46. The molecule has 0 aromatic heterocycles. The summed E-state index contributed by atoms with van der Waals surface area (Å²) in [6.45, 7) is 6.16. The van der Waals surface area contributed by atoms with Crippen LogP contribution in [0.3, 0.4) is 0 Å². The lowest BCUT2D eigenvalue weighted by Gasteiger charge is -2.34. The third kappa shape index (κ3) is 2.58. The zero-order chi connectivity index (χ0) is 13.9. The van der Waals surface area contributed by atoms with Crippen LogP contribution in [0.5, 0.6) is 0 Å². The average molecular weight is 274 g/mol. The molecule has 4 heteroatoms. The highest BCUT2D eigenvalue weighted by Gasteiger charge is 2.25. The molecule has 4 nitrogen and oxygen atoms in total. The lowest BCUT2D eigenvalue weighted by atomic mass is 10.0. The van der Waals surface area contributed by atoms with Crippen LogP contribution in [0.1, 0.15) is 41.3 Å². The maximum atomic E-state index is 12.7. The van der Waals surface area contributed by atoms with E-state index in [1.54, 1.807) is 0 Å². The summed E-state index contributed by atoms with van der Waals surface area (Å²) in [6, 6.07) is 6.36. The molecule has 2 heterocycles. The molecule has 0 aliphatic carbocycles. The first-order valence-corrected chi connectivity index (χ1v) is 7.51. The summed E-state index contributed by atoms with van der Waals surface area (Å²) in [5, 5.41) is 3.35. The predicted octanol–water partition coefficient (Wildman–Crippen LogP) is 1.93. The van der Waals surface area contributed by atoms with Crippen molar-refractivity contribution >= 4 is 5.91 Å². The first-order chi connectivity index (χ1) is 9.79. The first-order valence-electron chi connectivity index (χ1n) is 7.51. The van der Waals surface area contributed by atoms with Crippen molar-refractivity contribution in [2.75, 3.05) is 19.6 Å². The quantitative estimate of drug-likeness (QED) is 0.915. The Morgan fingerprint density at radius 1 is 1.30 bits per heavy atom. The minimum absolute atomic E-state index is 0.161. The number of fused-ring (bicyclic) bond motifs is 1. The number of hydrogen-bond donors (Lipinski definition) is 1. The molecular formula is C16H22N2O2. The highest BCUT2D eigenvalue weighted by atomic mass is 16.5. The van der Waals surface area contributed by atoms with Gasteiger partial charge in [0.25, 0.3) is 5.91 Å². The third-order valence-electron chi connectivity index (χ3n) is 4.32. The molecule has 1 N–H and O–H groups in total. The van der Waals surface area contributed by atoms with E-state index in [9.17, 15) is 4.79 Å². The molecule has 1 aromatic rings. The number of carbonyl (C=O) groups excluding carboxylic acids is 1. The highest BCUT2D eigenvalue weighted by Crippen LogP contribution is 2.23. The summed E-state index contributed by atoms with van der Waals surface area (Å²) in [4.78, 5) is 14.8. The van der Waals surface area contributed by atoms with Crippen molar-refractivity contribution in [3.8, 4) is 0 Å². The van der Waals surface area contributed by atoms with Crippen molar-refractivity contribution in [2.24, 2.45) is 0 Å². The van der Waals surface area contributed by atoms with E-state index in [1.807, 2.05) is 23.1 Å². The summed E-state index contributed by atoms with van der Waals surface area (Å²) in [5.41, 5.74) is 3.18. The summed E-state index contributed by atoms with van der Waals surface area (Å²) in [5.74, 6) is 0.161. The Kier molecular flexibility index (Phi) is 4.03. The SMILES string of the molecule is CCN(C(=O)c1ccc2c(c1)COC2)C1CCNCC1. The van der Waals surface area contributed by atoms with E-state index >= 15 is 0 Å². The molecule has 108 valence electrons. The number of ether oxygens (including phenoxy) is 1. The van der Waals surface area contributed by atoms with Crippen LogP contribution >= 0.6 is 0 Å². The van der Waals surface area contributed by atoms with Crippen LogP contribution in [-0.4, -0.2) is 36.5 Å². The topological polar surface area (TPSA) is 41.6 Å². The predicted molar refractivity (Wildman–Crippen MR) is 77.5 cm³/mol. The van der Waals surface area contributed by atoms with Gasteiger partial charge < -0.3 is 15.0 Å². The maximum Gasteiger partial charge on any atom is 0.254 e. The molecule has 0 spiro atoms. The lowest BCUT2D eigenvalue weighted by molar-refractivity contribution is 0.0656. The van der Waals surface area contributed by atoms with Gasteiger partial charge in [0.15, 0.2) is 0 Å². The van der Waals surface area contributed by atoms with Crippen LogP contribution in [0.2, 0.25) is 0 Å². The zero-order valence-corrected chi connectivity index (χ0v) is 12.0. The van der Waals surface area contributed by atoms with Gasteiger partial charge in [-0.1, -0.05) is 6.07 Å². The van der Waals surface area contributed by atoms with Gasteiger partial charge in [-0.2, -0.15) is 0 Å². The Morgan fingerprint density at radius 2 is 2.05 bits per heavy atom. The van der Waals surface area contributed by atoms with E-state index in [-0.39, 0.29) is 5.91 Å². The fraction of sp³-hybridized carbons (Fsp3) is 0.562. The number of nitrogens with zero attached hydrogens (tertiary/aromatic N) is 1. The Balaban J connectivity index is 1.79.